The van der Waals surface area contributed by atoms with Crippen molar-refractivity contribution in [2.45, 2.75) is 89.4 Å². The van der Waals surface area contributed by atoms with Crippen molar-refractivity contribution in [3.63, 3.8) is 0 Å². The molecule has 0 bridgehead atoms. The van der Waals surface area contributed by atoms with E-state index in [1.165, 1.54) is 0 Å². The van der Waals surface area contributed by atoms with E-state index >= 15 is 0 Å². The van der Waals surface area contributed by atoms with Crippen LogP contribution < -0.4 is 0 Å². The first-order chi connectivity index (χ1) is 14.7. The molecular formula is C25H32O6. The van der Waals surface area contributed by atoms with Gasteiger partial charge in [-0.2, -0.15) is 0 Å². The fraction of sp³-hybridized carbons (Fsp3) is 0.800. The van der Waals surface area contributed by atoms with E-state index in [9.17, 15) is 14.4 Å². The van der Waals surface area contributed by atoms with E-state index in [2.05, 4.69) is 13.8 Å². The Kier molecular flexibility index (Phi) is 3.86. The number of carbonyl (C=O) groups is 3. The lowest BCUT2D eigenvalue weighted by atomic mass is 9.43. The highest BCUT2D eigenvalue weighted by Gasteiger charge is 2.83. The van der Waals surface area contributed by atoms with Gasteiger partial charge in [-0.15, -0.1) is 0 Å². The largest absolute Gasteiger partial charge is 0.466 e. The van der Waals surface area contributed by atoms with E-state index in [1.54, 1.807) is 6.08 Å². The van der Waals surface area contributed by atoms with Crippen molar-refractivity contribution in [2.24, 2.45) is 28.6 Å². The first kappa shape index (κ1) is 20.0. The van der Waals surface area contributed by atoms with Gasteiger partial charge >= 0.3 is 11.9 Å². The fourth-order valence-electron chi connectivity index (χ4n) is 8.78. The summed E-state index contributed by atoms with van der Waals surface area (Å²) in [7, 11) is 0. The molecule has 2 saturated heterocycles. The smallest absolute Gasteiger partial charge is 0.309 e. The van der Waals surface area contributed by atoms with Gasteiger partial charge in [0.25, 0.3) is 0 Å². The molecule has 0 radical (unpaired) electrons. The molecule has 8 atom stereocenters. The quantitative estimate of drug-likeness (QED) is 0.494. The zero-order valence-electron chi connectivity index (χ0n) is 18.7. The SMILES string of the molecule is CCOC(=O)[C@@H]1CC2=CC(=O)CC[C@]2(C)C23O[C@@H]2C[C@@]2(C)[C@@H](CC[C@@]24CCC(=O)O4)[C@H]13. The Hall–Kier alpha value is -1.69. The highest BCUT2D eigenvalue weighted by molar-refractivity contribution is 5.92. The van der Waals surface area contributed by atoms with Crippen LogP contribution in [0.25, 0.3) is 0 Å². The number of hydrogen-bond acceptors (Lipinski definition) is 6. The summed E-state index contributed by atoms with van der Waals surface area (Å²) in [5, 5.41) is 0. The van der Waals surface area contributed by atoms with Crippen LogP contribution in [0.2, 0.25) is 0 Å². The number of esters is 2. The van der Waals surface area contributed by atoms with Gasteiger partial charge in [0.1, 0.15) is 11.2 Å². The van der Waals surface area contributed by atoms with Gasteiger partial charge in [0.2, 0.25) is 0 Å². The Bertz CT molecular complexity index is 923. The summed E-state index contributed by atoms with van der Waals surface area (Å²) in [6.07, 6.45) is 7.64. The summed E-state index contributed by atoms with van der Waals surface area (Å²) in [4.78, 5) is 37.7. The third kappa shape index (κ3) is 2.20. The molecule has 0 aromatic carbocycles. The van der Waals surface area contributed by atoms with Crippen molar-refractivity contribution in [3.05, 3.63) is 11.6 Å². The standard InChI is InChI=1S/C25H32O6/c1-4-29-21(28)16-12-14-11-15(26)5-8-22(14,2)25-18(30-25)13-23(3)17(20(16)25)6-9-24(23)10-7-19(27)31-24/h11,16-18,20H,4-10,12-13H2,1-3H3/t16-,17+,18-,20+,22+,23+,24-,25?/m1/s1. The molecule has 2 spiro atoms. The van der Waals surface area contributed by atoms with Gasteiger partial charge < -0.3 is 14.2 Å². The molecule has 2 heterocycles. The van der Waals surface area contributed by atoms with E-state index in [4.69, 9.17) is 14.2 Å². The molecule has 6 nitrogen and oxygen atoms in total. The van der Waals surface area contributed by atoms with Crippen LogP contribution in [0.15, 0.2) is 11.6 Å². The average Bonchev–Trinajstić information content (AvgIpc) is 3.20. The topological polar surface area (TPSA) is 82.2 Å². The van der Waals surface area contributed by atoms with Crippen molar-refractivity contribution >= 4 is 17.7 Å². The molecule has 6 rings (SSSR count). The van der Waals surface area contributed by atoms with Crippen molar-refractivity contribution in [1.29, 1.82) is 0 Å². The van der Waals surface area contributed by atoms with Crippen LogP contribution in [-0.2, 0) is 28.6 Å². The highest BCUT2D eigenvalue weighted by Crippen LogP contribution is 2.78. The van der Waals surface area contributed by atoms with E-state index in [0.717, 1.165) is 37.7 Å². The Labute approximate surface area is 183 Å². The van der Waals surface area contributed by atoms with Crippen molar-refractivity contribution in [2.75, 3.05) is 6.61 Å². The van der Waals surface area contributed by atoms with Gasteiger partial charge in [-0.3, -0.25) is 14.4 Å². The van der Waals surface area contributed by atoms with Gasteiger partial charge in [0.05, 0.1) is 18.6 Å². The third-order valence-corrected chi connectivity index (χ3v) is 10.3. The van der Waals surface area contributed by atoms with Crippen LogP contribution in [0.1, 0.15) is 72.1 Å². The zero-order valence-corrected chi connectivity index (χ0v) is 18.7. The number of hydrogen-bond donors (Lipinski definition) is 0. The molecule has 3 saturated carbocycles. The minimum Gasteiger partial charge on any atom is -0.466 e. The lowest BCUT2D eigenvalue weighted by Gasteiger charge is -2.58. The van der Waals surface area contributed by atoms with Gasteiger partial charge in [0, 0.05) is 29.6 Å². The van der Waals surface area contributed by atoms with Crippen molar-refractivity contribution < 1.29 is 28.6 Å². The maximum Gasteiger partial charge on any atom is 0.309 e. The van der Waals surface area contributed by atoms with Gasteiger partial charge in [-0.1, -0.05) is 19.4 Å². The third-order valence-electron chi connectivity index (χ3n) is 10.3. The molecule has 2 aliphatic heterocycles. The van der Waals surface area contributed by atoms with Crippen LogP contribution in [0.5, 0.6) is 0 Å². The lowest BCUT2D eigenvalue weighted by molar-refractivity contribution is -0.173. The summed E-state index contributed by atoms with van der Waals surface area (Å²) in [6.45, 7) is 6.71. The molecule has 168 valence electrons. The predicted octanol–water partition coefficient (Wildman–Crippen LogP) is 3.51. The number of ketones is 1. The van der Waals surface area contributed by atoms with E-state index < -0.39 is 11.2 Å². The molecular weight excluding hydrogens is 396 g/mol. The van der Waals surface area contributed by atoms with Crippen LogP contribution in [-0.4, -0.2) is 41.6 Å². The Morgan fingerprint density at radius 1 is 1.19 bits per heavy atom. The van der Waals surface area contributed by atoms with Crippen molar-refractivity contribution in [3.8, 4) is 0 Å². The maximum atomic E-state index is 13.3. The van der Waals surface area contributed by atoms with E-state index in [1.807, 2.05) is 6.92 Å². The number of ether oxygens (including phenoxy) is 3. The number of fused-ring (bicyclic) bond motifs is 4. The monoisotopic (exact) mass is 428 g/mol. The summed E-state index contributed by atoms with van der Waals surface area (Å²) >= 11 is 0. The molecule has 0 N–H and O–H groups in total. The first-order valence-electron chi connectivity index (χ1n) is 12.0. The number of epoxide rings is 1. The van der Waals surface area contributed by atoms with Crippen LogP contribution >= 0.6 is 0 Å². The minimum atomic E-state index is -0.425. The molecule has 6 aliphatic rings. The zero-order chi connectivity index (χ0) is 21.8. The first-order valence-corrected chi connectivity index (χ1v) is 12.0. The van der Waals surface area contributed by atoms with Gasteiger partial charge in [0.15, 0.2) is 5.78 Å². The summed E-state index contributed by atoms with van der Waals surface area (Å²) in [5.41, 5.74) is -0.174. The lowest BCUT2D eigenvalue weighted by Crippen LogP contribution is -2.63. The maximum absolute atomic E-state index is 13.3. The van der Waals surface area contributed by atoms with Crippen LogP contribution in [0, 0.1) is 28.6 Å². The van der Waals surface area contributed by atoms with Crippen LogP contribution in [0.4, 0.5) is 0 Å². The average molecular weight is 429 g/mol. The molecule has 4 aliphatic carbocycles. The number of carbonyl (C=O) groups excluding carboxylic acids is 3. The Morgan fingerprint density at radius 3 is 2.71 bits per heavy atom. The highest BCUT2D eigenvalue weighted by atomic mass is 16.6. The molecule has 5 fully saturated rings. The van der Waals surface area contributed by atoms with E-state index in [0.29, 0.717) is 25.9 Å². The van der Waals surface area contributed by atoms with Gasteiger partial charge in [-0.25, -0.2) is 0 Å². The molecule has 0 aromatic heterocycles. The molecule has 6 heteroatoms. The molecule has 0 amide bonds. The summed E-state index contributed by atoms with van der Waals surface area (Å²) in [5.74, 6) is -0.154. The Balaban J connectivity index is 1.48. The van der Waals surface area contributed by atoms with Gasteiger partial charge in [-0.05, 0) is 57.4 Å². The predicted molar refractivity (Wildman–Crippen MR) is 110 cm³/mol. The van der Waals surface area contributed by atoms with E-state index in [-0.39, 0.29) is 52.4 Å². The number of rotatable bonds is 2. The second-order valence-electron chi connectivity index (χ2n) is 11.2. The second-order valence-corrected chi connectivity index (χ2v) is 11.2. The summed E-state index contributed by atoms with van der Waals surface area (Å²) < 4.78 is 18.3. The minimum absolute atomic E-state index is 0.0318. The summed E-state index contributed by atoms with van der Waals surface area (Å²) in [6, 6.07) is 0. The molecule has 0 aromatic rings. The fourth-order valence-corrected chi connectivity index (χ4v) is 8.78. The normalized spacial score (nSPS) is 51.9. The Morgan fingerprint density at radius 2 is 2.00 bits per heavy atom. The second kappa shape index (κ2) is 6.00. The molecule has 31 heavy (non-hydrogen) atoms. The van der Waals surface area contributed by atoms with Crippen LogP contribution in [0.3, 0.4) is 0 Å². The molecule has 1 unspecified atom stereocenters. The van der Waals surface area contributed by atoms with Crippen molar-refractivity contribution in [1.82, 2.24) is 0 Å².